The molecule has 1 aliphatic rings. The maximum Gasteiger partial charge on any atom is 0.142 e. The van der Waals surface area contributed by atoms with E-state index in [0.29, 0.717) is 11.8 Å². The first-order valence-corrected chi connectivity index (χ1v) is 6.47. The standard InChI is InChI=1S/C13H15Cl2F/c1-13(8-14,10-5-6-10)7-9-3-2-4-11(16)12(9)15/h2-4,10H,5-8H2,1H3. The molecule has 88 valence electrons. The van der Waals surface area contributed by atoms with Crippen LogP contribution in [0, 0.1) is 17.2 Å². The molecular weight excluding hydrogens is 246 g/mol. The van der Waals surface area contributed by atoms with Gasteiger partial charge in [-0.2, -0.15) is 0 Å². The van der Waals surface area contributed by atoms with Crippen LogP contribution in [0.2, 0.25) is 5.02 Å². The highest BCUT2D eigenvalue weighted by atomic mass is 35.5. The number of rotatable bonds is 4. The summed E-state index contributed by atoms with van der Waals surface area (Å²) in [7, 11) is 0. The van der Waals surface area contributed by atoms with Gasteiger partial charge in [0.15, 0.2) is 0 Å². The predicted molar refractivity (Wildman–Crippen MR) is 66.7 cm³/mol. The molecular formula is C13H15Cl2F. The predicted octanol–water partition coefficient (Wildman–Crippen LogP) is 4.68. The summed E-state index contributed by atoms with van der Waals surface area (Å²) in [4.78, 5) is 0. The summed E-state index contributed by atoms with van der Waals surface area (Å²) in [6.45, 7) is 2.17. The molecule has 0 nitrogen and oxygen atoms in total. The molecule has 0 N–H and O–H groups in total. The van der Waals surface area contributed by atoms with Gasteiger partial charge in [-0.05, 0) is 42.2 Å². The third-order valence-electron chi connectivity index (χ3n) is 3.49. The quantitative estimate of drug-likeness (QED) is 0.690. The molecule has 1 aliphatic carbocycles. The van der Waals surface area contributed by atoms with Crippen LogP contribution in [0.15, 0.2) is 18.2 Å². The van der Waals surface area contributed by atoms with Crippen molar-refractivity contribution >= 4 is 23.2 Å². The molecule has 0 radical (unpaired) electrons. The van der Waals surface area contributed by atoms with Crippen LogP contribution < -0.4 is 0 Å². The second kappa shape index (κ2) is 4.54. The van der Waals surface area contributed by atoms with Crippen molar-refractivity contribution in [3.63, 3.8) is 0 Å². The van der Waals surface area contributed by atoms with Crippen LogP contribution in [0.4, 0.5) is 4.39 Å². The lowest BCUT2D eigenvalue weighted by Gasteiger charge is -2.27. The minimum Gasteiger partial charge on any atom is -0.205 e. The molecule has 1 fully saturated rings. The van der Waals surface area contributed by atoms with Crippen molar-refractivity contribution in [2.24, 2.45) is 11.3 Å². The Bertz CT molecular complexity index is 388. The van der Waals surface area contributed by atoms with Gasteiger partial charge in [-0.15, -0.1) is 11.6 Å². The number of halogens is 3. The van der Waals surface area contributed by atoms with Crippen LogP contribution in [0.1, 0.15) is 25.3 Å². The van der Waals surface area contributed by atoms with Crippen LogP contribution in [0.3, 0.4) is 0 Å². The van der Waals surface area contributed by atoms with Crippen molar-refractivity contribution in [3.05, 3.63) is 34.6 Å². The average molecular weight is 261 g/mol. The average Bonchev–Trinajstić information content (AvgIpc) is 3.08. The van der Waals surface area contributed by atoms with Crippen LogP contribution in [0.25, 0.3) is 0 Å². The molecule has 1 atom stereocenters. The molecule has 1 aromatic rings. The molecule has 0 aliphatic heterocycles. The molecule has 1 aromatic carbocycles. The first kappa shape index (κ1) is 12.2. The third-order valence-corrected chi connectivity index (χ3v) is 4.53. The van der Waals surface area contributed by atoms with Gasteiger partial charge in [0.05, 0.1) is 5.02 Å². The molecule has 0 bridgehead atoms. The number of alkyl halides is 1. The maximum atomic E-state index is 13.3. The molecule has 0 saturated heterocycles. The normalized spacial score (nSPS) is 19.5. The lowest BCUT2D eigenvalue weighted by molar-refractivity contribution is 0.313. The van der Waals surface area contributed by atoms with E-state index in [4.69, 9.17) is 23.2 Å². The molecule has 0 aromatic heterocycles. The van der Waals surface area contributed by atoms with Crippen molar-refractivity contribution in [1.29, 1.82) is 0 Å². The van der Waals surface area contributed by atoms with Gasteiger partial charge in [-0.25, -0.2) is 4.39 Å². The highest BCUT2D eigenvalue weighted by molar-refractivity contribution is 6.31. The van der Waals surface area contributed by atoms with E-state index in [9.17, 15) is 4.39 Å². The van der Waals surface area contributed by atoms with Crippen LogP contribution in [0.5, 0.6) is 0 Å². The van der Waals surface area contributed by atoms with E-state index in [2.05, 4.69) is 6.92 Å². The summed E-state index contributed by atoms with van der Waals surface area (Å²) < 4.78 is 13.3. The van der Waals surface area contributed by atoms with Gasteiger partial charge >= 0.3 is 0 Å². The Morgan fingerprint density at radius 3 is 2.69 bits per heavy atom. The topological polar surface area (TPSA) is 0 Å². The molecule has 1 saturated carbocycles. The van der Waals surface area contributed by atoms with Gasteiger partial charge in [-0.1, -0.05) is 30.7 Å². The van der Waals surface area contributed by atoms with Crippen molar-refractivity contribution in [1.82, 2.24) is 0 Å². The van der Waals surface area contributed by atoms with Gasteiger partial charge < -0.3 is 0 Å². The molecule has 0 spiro atoms. The fourth-order valence-corrected chi connectivity index (χ4v) is 2.71. The van der Waals surface area contributed by atoms with Crippen molar-refractivity contribution in [3.8, 4) is 0 Å². The zero-order valence-electron chi connectivity index (χ0n) is 9.27. The lowest BCUT2D eigenvalue weighted by atomic mass is 9.81. The molecule has 16 heavy (non-hydrogen) atoms. The van der Waals surface area contributed by atoms with E-state index >= 15 is 0 Å². The van der Waals surface area contributed by atoms with Crippen molar-refractivity contribution in [2.45, 2.75) is 26.2 Å². The zero-order chi connectivity index (χ0) is 11.8. The van der Waals surface area contributed by atoms with Gasteiger partial charge in [0.25, 0.3) is 0 Å². The number of hydrogen-bond donors (Lipinski definition) is 0. The largest absolute Gasteiger partial charge is 0.205 e. The van der Waals surface area contributed by atoms with E-state index in [1.54, 1.807) is 6.07 Å². The molecule has 2 rings (SSSR count). The van der Waals surface area contributed by atoms with Crippen LogP contribution >= 0.6 is 23.2 Å². The van der Waals surface area contributed by atoms with Gasteiger partial charge in [0.1, 0.15) is 5.82 Å². The zero-order valence-corrected chi connectivity index (χ0v) is 10.8. The van der Waals surface area contributed by atoms with Gasteiger partial charge in [0.2, 0.25) is 0 Å². The van der Waals surface area contributed by atoms with Crippen molar-refractivity contribution in [2.75, 3.05) is 5.88 Å². The molecule has 3 heteroatoms. The first-order valence-electron chi connectivity index (χ1n) is 5.56. The monoisotopic (exact) mass is 260 g/mol. The summed E-state index contributed by atoms with van der Waals surface area (Å²) >= 11 is 12.0. The second-order valence-electron chi connectivity index (χ2n) is 4.95. The fraction of sp³-hybridized carbons (Fsp3) is 0.538. The Morgan fingerprint density at radius 1 is 1.44 bits per heavy atom. The number of benzene rings is 1. The Balaban J connectivity index is 2.22. The van der Waals surface area contributed by atoms with Gasteiger partial charge in [0, 0.05) is 5.88 Å². The summed E-state index contributed by atoms with van der Waals surface area (Å²) in [6, 6.07) is 4.98. The minimum absolute atomic E-state index is 0.0546. The lowest BCUT2D eigenvalue weighted by Crippen LogP contribution is -2.24. The van der Waals surface area contributed by atoms with E-state index in [-0.39, 0.29) is 16.3 Å². The van der Waals surface area contributed by atoms with Gasteiger partial charge in [-0.3, -0.25) is 0 Å². The summed E-state index contributed by atoms with van der Waals surface area (Å²) in [5.41, 5.74) is 0.927. The first-order chi connectivity index (χ1) is 7.57. The molecule has 1 unspecified atom stereocenters. The van der Waals surface area contributed by atoms with Crippen LogP contribution in [-0.2, 0) is 6.42 Å². The van der Waals surface area contributed by atoms with Crippen LogP contribution in [-0.4, -0.2) is 5.88 Å². The molecule has 0 heterocycles. The van der Waals surface area contributed by atoms with Crippen molar-refractivity contribution < 1.29 is 4.39 Å². The number of hydrogen-bond acceptors (Lipinski definition) is 0. The Kier molecular flexibility index (Phi) is 3.46. The highest BCUT2D eigenvalue weighted by Gasteiger charge is 2.41. The smallest absolute Gasteiger partial charge is 0.142 e. The van der Waals surface area contributed by atoms with E-state index in [0.717, 1.165) is 12.0 Å². The maximum absolute atomic E-state index is 13.3. The fourth-order valence-electron chi connectivity index (χ4n) is 2.20. The van der Waals surface area contributed by atoms with E-state index < -0.39 is 0 Å². The minimum atomic E-state index is -0.341. The summed E-state index contributed by atoms with van der Waals surface area (Å²) in [6.07, 6.45) is 3.23. The SMILES string of the molecule is CC(CCl)(Cc1cccc(F)c1Cl)C1CC1. The second-order valence-corrected chi connectivity index (χ2v) is 5.60. The van der Waals surface area contributed by atoms with E-state index in [1.807, 2.05) is 6.07 Å². The third kappa shape index (κ3) is 2.36. The Labute approximate surface area is 106 Å². The summed E-state index contributed by atoms with van der Waals surface area (Å²) in [5.74, 6) is 0.932. The van der Waals surface area contributed by atoms with E-state index in [1.165, 1.54) is 18.9 Å². The summed E-state index contributed by atoms with van der Waals surface area (Å²) in [5, 5.41) is 0.250. The Morgan fingerprint density at radius 2 is 2.12 bits per heavy atom. The highest BCUT2D eigenvalue weighted by Crippen LogP contribution is 2.48. The molecule has 0 amide bonds. The Hall–Kier alpha value is -0.270.